The van der Waals surface area contributed by atoms with Gasteiger partial charge in [-0.05, 0) is 203 Å². The van der Waals surface area contributed by atoms with Crippen molar-refractivity contribution in [1.29, 1.82) is 0 Å². The first-order valence-electron chi connectivity index (χ1n) is 38.8. The fourth-order valence-corrected chi connectivity index (χ4v) is 15.1. The van der Waals surface area contributed by atoms with E-state index in [-0.39, 0.29) is 66.3 Å². The van der Waals surface area contributed by atoms with Crippen LogP contribution in [0.3, 0.4) is 0 Å². The highest BCUT2D eigenvalue weighted by Crippen LogP contribution is 2.48. The van der Waals surface area contributed by atoms with Crippen LogP contribution >= 0.6 is 0 Å². The fourth-order valence-electron chi connectivity index (χ4n) is 15.1. The molecule has 4 aliphatic rings. The Hall–Kier alpha value is -7.84. The van der Waals surface area contributed by atoms with Crippen LogP contribution in [0, 0.1) is 0 Å². The summed E-state index contributed by atoms with van der Waals surface area (Å²) in [5.74, 6) is 4.17. The maximum atomic E-state index is 13.2. The summed E-state index contributed by atoms with van der Waals surface area (Å²) in [7, 11) is 0. The molecule has 104 heavy (non-hydrogen) atoms. The van der Waals surface area contributed by atoms with Crippen molar-refractivity contribution in [2.24, 2.45) is 0 Å². The molecule has 0 amide bonds. The molecule has 2 aliphatic heterocycles. The van der Waals surface area contributed by atoms with E-state index >= 15 is 0 Å². The van der Waals surface area contributed by atoms with Gasteiger partial charge in [-0.15, -0.1) is 0 Å². The molecule has 8 aromatic carbocycles. The van der Waals surface area contributed by atoms with E-state index in [4.69, 9.17) is 18.9 Å². The Morgan fingerprint density at radius 2 is 0.288 bits per heavy atom. The number of aromatic hydroxyl groups is 4. The molecule has 2 heterocycles. The molecule has 0 atom stereocenters. The molecule has 4 N–H and O–H groups in total. The predicted molar refractivity (Wildman–Crippen MR) is 431 cm³/mol. The van der Waals surface area contributed by atoms with Crippen molar-refractivity contribution in [3.8, 4) is 46.0 Å². The van der Waals surface area contributed by atoms with E-state index in [2.05, 4.69) is 263 Å². The van der Waals surface area contributed by atoms with Gasteiger partial charge in [0.1, 0.15) is 46.0 Å². The molecule has 0 saturated carbocycles. The third kappa shape index (κ3) is 17.2. The first-order chi connectivity index (χ1) is 48.2. The van der Waals surface area contributed by atoms with Gasteiger partial charge in [0.2, 0.25) is 0 Å². The molecule has 2 aliphatic carbocycles. The van der Waals surface area contributed by atoms with E-state index < -0.39 is 0 Å². The first-order valence-corrected chi connectivity index (χ1v) is 38.8. The monoisotopic (exact) mass is 1400 g/mol. The normalized spacial score (nSPS) is 15.5. The smallest absolute Gasteiger partial charge is 0.126 e. The van der Waals surface area contributed by atoms with Gasteiger partial charge in [-0.25, -0.2) is 0 Å². The Labute approximate surface area is 625 Å². The van der Waals surface area contributed by atoms with Crippen molar-refractivity contribution in [3.63, 3.8) is 0 Å². The van der Waals surface area contributed by atoms with Gasteiger partial charge < -0.3 is 39.4 Å². The Bertz CT molecular complexity index is 3780. The molecule has 8 nitrogen and oxygen atoms in total. The van der Waals surface area contributed by atoms with Crippen molar-refractivity contribution >= 4 is 0 Å². The summed E-state index contributed by atoms with van der Waals surface area (Å²) in [5.41, 5.74) is 21.5. The lowest BCUT2D eigenvalue weighted by Crippen LogP contribution is -2.17. The number of rotatable bonds is 0. The van der Waals surface area contributed by atoms with Gasteiger partial charge in [-0.2, -0.15) is 0 Å². The third-order valence-corrected chi connectivity index (χ3v) is 22.1. The minimum Gasteiger partial charge on any atom is -0.507 e. The molecule has 0 radical (unpaired) electrons. The van der Waals surface area contributed by atoms with Crippen LogP contribution in [0.4, 0.5) is 0 Å². The highest BCUT2D eigenvalue weighted by Gasteiger charge is 2.33. The molecule has 0 unspecified atom stereocenters. The van der Waals surface area contributed by atoms with Gasteiger partial charge >= 0.3 is 0 Å². The van der Waals surface area contributed by atoms with Crippen molar-refractivity contribution in [1.82, 2.24) is 0 Å². The highest BCUT2D eigenvalue weighted by atomic mass is 16.5. The molecule has 12 rings (SSSR count). The zero-order valence-electron chi connectivity index (χ0n) is 68.0. The van der Waals surface area contributed by atoms with E-state index in [9.17, 15) is 20.4 Å². The largest absolute Gasteiger partial charge is 0.507 e. The van der Waals surface area contributed by atoms with E-state index in [1.807, 2.05) is 0 Å². The molecular formula is C96H124O8. The maximum absolute atomic E-state index is 13.2. The fraction of sp³-hybridized carbons (Fsp3) is 0.500. The number of ether oxygens (including phenoxy) is 4. The minimum atomic E-state index is -0.260. The summed E-state index contributed by atoms with van der Waals surface area (Å²) in [5, 5.41) is 52.6. The van der Waals surface area contributed by atoms with Gasteiger partial charge in [-0.1, -0.05) is 263 Å². The average molecular weight is 1410 g/mol. The average Bonchev–Trinajstić information content (AvgIpc) is 0.768. The molecule has 0 spiro atoms. The van der Waals surface area contributed by atoms with Crippen LogP contribution in [0.15, 0.2) is 97.1 Å². The number of fused-ring (bicyclic) bond motifs is 12. The van der Waals surface area contributed by atoms with Crippen molar-refractivity contribution < 1.29 is 39.4 Å². The van der Waals surface area contributed by atoms with Crippen molar-refractivity contribution in [2.45, 2.75) is 287 Å². The topological polar surface area (TPSA) is 118 Å². The van der Waals surface area contributed by atoms with Crippen molar-refractivity contribution in [2.75, 3.05) is 26.4 Å². The summed E-state index contributed by atoms with van der Waals surface area (Å²) in [6.07, 6.45) is 5.87. The van der Waals surface area contributed by atoms with Crippen LogP contribution in [0.1, 0.15) is 325 Å². The van der Waals surface area contributed by atoms with Crippen LogP contribution < -0.4 is 18.9 Å². The second-order valence-electron chi connectivity index (χ2n) is 39.3. The zero-order valence-corrected chi connectivity index (χ0v) is 68.0. The lowest BCUT2D eigenvalue weighted by atomic mass is 9.79. The Morgan fingerprint density at radius 3 is 0.394 bits per heavy atom. The molecule has 0 fully saturated rings. The SMILES string of the molecule is CC(C)(C)c1cc2c(O)c(c1)Cc1cc(C(C)(C)C)cc3c1OCCCCOc1c4cc(C(C)(C)C)cc1Cc1cc(C(C)(C)C)cc(c1O)Cc1cc(C(C)(C)C)cc(c1OCCCCOc1c(cc(C(C)(C)C)cc1Cc1cc(C(C)(C)C)cc(c1O)C3)C2)Cc1cc(C(C)(C)C)cc(c1O)C4. The first kappa shape index (κ1) is 77.3. The van der Waals surface area contributed by atoms with Crippen LogP contribution in [0.25, 0.3) is 0 Å². The summed E-state index contributed by atoms with van der Waals surface area (Å²) in [6.45, 7) is 55.6. The van der Waals surface area contributed by atoms with Crippen LogP contribution in [0.2, 0.25) is 0 Å². The summed E-state index contributed by atoms with van der Waals surface area (Å²) in [4.78, 5) is 0. The van der Waals surface area contributed by atoms with E-state index in [1.54, 1.807) is 0 Å². The standard InChI is InChI=1S/C96H124O8/c1-89(2,3)73-41-57-33-65-49-77(93(13,14)15)51-67-35-59-43-74(90(4,5)6)44-60(82(59)98)36-68-52-78(94(16,17)18)50-66(34-58(42-73)81(57)97)86(68)102-30-26-28-32-104-88-70-38-62-46-75(91(7,8)9)45-61(83(62)99)37-69-53-79(95(19,20)21)55-71(87(69)103-31-27-25-29-101-85(65)67)39-63-47-76(92(10,11)12)48-64(84(63)100)40-72(88)56-80(54-70)96(22,23)24/h41-56,97-100H,25-40H2,1-24H3. The van der Waals surface area contributed by atoms with E-state index in [0.717, 1.165) is 157 Å². The number of hydrogen-bond donors (Lipinski definition) is 4. The van der Waals surface area contributed by atoms with Crippen LogP contribution in [-0.4, -0.2) is 46.9 Å². The summed E-state index contributed by atoms with van der Waals surface area (Å²) >= 11 is 0. The predicted octanol–water partition coefficient (Wildman–Crippen LogP) is 23.0. The van der Waals surface area contributed by atoms with Gasteiger partial charge in [-0.3, -0.25) is 0 Å². The number of hydrogen-bond acceptors (Lipinski definition) is 8. The molecule has 556 valence electrons. The molecule has 0 aromatic heterocycles. The Kier molecular flexibility index (Phi) is 21.1. The third-order valence-electron chi connectivity index (χ3n) is 22.1. The Morgan fingerprint density at radius 1 is 0.183 bits per heavy atom. The second kappa shape index (κ2) is 28.5. The van der Waals surface area contributed by atoms with Crippen molar-refractivity contribution in [3.05, 3.63) is 231 Å². The quantitative estimate of drug-likeness (QED) is 0.119. The number of benzene rings is 8. The maximum Gasteiger partial charge on any atom is 0.126 e. The van der Waals surface area contributed by atoms with Crippen LogP contribution in [-0.2, 0) is 94.7 Å². The Balaban J connectivity index is 1.17. The van der Waals surface area contributed by atoms with E-state index in [1.165, 1.54) is 0 Å². The van der Waals surface area contributed by atoms with Crippen LogP contribution in [0.5, 0.6) is 46.0 Å². The molecule has 8 heteroatoms. The molecule has 20 bridgehead atoms. The van der Waals surface area contributed by atoms with Gasteiger partial charge in [0.25, 0.3) is 0 Å². The van der Waals surface area contributed by atoms with Gasteiger partial charge in [0.05, 0.1) is 26.4 Å². The molecule has 0 saturated heterocycles. The zero-order chi connectivity index (χ0) is 75.9. The lowest BCUT2D eigenvalue weighted by molar-refractivity contribution is 0.261. The highest BCUT2D eigenvalue weighted by molar-refractivity contribution is 5.63. The molecule has 8 aromatic rings. The lowest BCUT2D eigenvalue weighted by Gasteiger charge is -2.28. The van der Waals surface area contributed by atoms with Gasteiger partial charge in [0.15, 0.2) is 0 Å². The number of phenols is 4. The second-order valence-corrected chi connectivity index (χ2v) is 39.3. The summed E-state index contributed by atoms with van der Waals surface area (Å²) < 4.78 is 29.5. The van der Waals surface area contributed by atoms with E-state index in [0.29, 0.717) is 103 Å². The number of phenolic OH excluding ortho intramolecular Hbond substituents is 4. The summed E-state index contributed by atoms with van der Waals surface area (Å²) in [6, 6.07) is 36.1. The molecular weight excluding hydrogens is 1280 g/mol. The van der Waals surface area contributed by atoms with Gasteiger partial charge in [0, 0.05) is 51.4 Å². The minimum absolute atomic E-state index is 0.257.